The summed E-state index contributed by atoms with van der Waals surface area (Å²) in [6, 6.07) is 20.9. The van der Waals surface area contributed by atoms with Gasteiger partial charge in [0.2, 0.25) is 10.9 Å². The highest BCUT2D eigenvalue weighted by Crippen LogP contribution is 2.35. The van der Waals surface area contributed by atoms with E-state index in [0.29, 0.717) is 38.5 Å². The summed E-state index contributed by atoms with van der Waals surface area (Å²) in [7, 11) is 1.58. The molecule has 11 heteroatoms. The summed E-state index contributed by atoms with van der Waals surface area (Å²) in [4.78, 5) is 46.0. The molecule has 0 bridgehead atoms. The number of fused-ring (bicyclic) bond motifs is 2. The number of hydrogen-bond donors (Lipinski definition) is 1. The summed E-state index contributed by atoms with van der Waals surface area (Å²) in [6.07, 6.45) is 0. The van der Waals surface area contributed by atoms with Crippen molar-refractivity contribution < 1.29 is 14.3 Å². The van der Waals surface area contributed by atoms with Crippen LogP contribution in [0.2, 0.25) is 5.02 Å². The van der Waals surface area contributed by atoms with Gasteiger partial charge in [-0.2, -0.15) is 9.50 Å². The van der Waals surface area contributed by atoms with Gasteiger partial charge < -0.3 is 10.1 Å². The summed E-state index contributed by atoms with van der Waals surface area (Å²) < 4.78 is 6.61. The third-order valence-electron chi connectivity index (χ3n) is 6.09. The van der Waals surface area contributed by atoms with E-state index in [2.05, 4.69) is 15.4 Å². The molecule has 6 rings (SSSR count). The number of nitrogens with zero attached hydrogens (tertiary/aromatic N) is 4. The minimum Gasteiger partial charge on any atom is -0.497 e. The Kier molecular flexibility index (Phi) is 5.90. The molecule has 1 N–H and O–H groups in total. The number of methoxy groups -OCH3 is 1. The van der Waals surface area contributed by atoms with E-state index in [1.165, 1.54) is 9.42 Å². The van der Waals surface area contributed by atoms with Crippen LogP contribution in [0, 0.1) is 0 Å². The van der Waals surface area contributed by atoms with Gasteiger partial charge in [-0.15, -0.1) is 5.10 Å². The predicted octanol–water partition coefficient (Wildman–Crippen LogP) is 3.38. The van der Waals surface area contributed by atoms with Gasteiger partial charge in [0.15, 0.2) is 5.82 Å². The van der Waals surface area contributed by atoms with Crippen molar-refractivity contribution in [3.05, 3.63) is 98.3 Å². The van der Waals surface area contributed by atoms with Crippen molar-refractivity contribution in [2.75, 3.05) is 23.9 Å². The first-order chi connectivity index (χ1) is 18.4. The van der Waals surface area contributed by atoms with E-state index in [0.717, 1.165) is 16.9 Å². The quantitative estimate of drug-likeness (QED) is 0.364. The Bertz CT molecular complexity index is 1830. The largest absolute Gasteiger partial charge is 0.497 e. The first kappa shape index (κ1) is 23.8. The first-order valence-electron chi connectivity index (χ1n) is 11.5. The van der Waals surface area contributed by atoms with E-state index in [9.17, 15) is 14.4 Å². The van der Waals surface area contributed by atoms with E-state index in [-0.39, 0.29) is 22.6 Å². The molecular formula is C27H18ClN5O4S. The Labute approximate surface area is 224 Å². The molecule has 0 atom stereocenters. The number of ether oxygens (including phenoxy) is 1. The number of rotatable bonds is 5. The summed E-state index contributed by atoms with van der Waals surface area (Å²) in [6.45, 7) is -0.224. The number of halogens is 1. The lowest BCUT2D eigenvalue weighted by molar-refractivity contribution is -0.118. The lowest BCUT2D eigenvalue weighted by atomic mass is 10.1. The molecular weight excluding hydrogens is 526 g/mol. The maximum absolute atomic E-state index is 13.6. The zero-order valence-electron chi connectivity index (χ0n) is 19.8. The maximum atomic E-state index is 13.6. The Morgan fingerprint density at radius 1 is 1.03 bits per heavy atom. The third-order valence-corrected chi connectivity index (χ3v) is 7.37. The van der Waals surface area contributed by atoms with Gasteiger partial charge in [0.05, 0.1) is 18.4 Å². The van der Waals surface area contributed by atoms with E-state index >= 15 is 0 Å². The lowest BCUT2D eigenvalue weighted by Crippen LogP contribution is -2.37. The third kappa shape index (κ3) is 4.09. The average molecular weight is 544 g/mol. The van der Waals surface area contributed by atoms with Gasteiger partial charge in [-0.1, -0.05) is 41.1 Å². The van der Waals surface area contributed by atoms with Gasteiger partial charge in [-0.3, -0.25) is 19.3 Å². The molecule has 1 aliphatic heterocycles. The fraction of sp³-hybridized carbons (Fsp3) is 0.0741. The van der Waals surface area contributed by atoms with Crippen molar-refractivity contribution in [1.29, 1.82) is 0 Å². The minimum atomic E-state index is -0.442. The van der Waals surface area contributed by atoms with E-state index in [1.54, 1.807) is 67.8 Å². The van der Waals surface area contributed by atoms with Crippen molar-refractivity contribution in [3.63, 3.8) is 0 Å². The molecule has 0 radical (unpaired) electrons. The van der Waals surface area contributed by atoms with Crippen LogP contribution in [0.1, 0.15) is 5.56 Å². The number of benzene rings is 3. The summed E-state index contributed by atoms with van der Waals surface area (Å²) in [5.41, 5.74) is 2.21. The van der Waals surface area contributed by atoms with Gasteiger partial charge in [-0.05, 0) is 54.6 Å². The molecule has 38 heavy (non-hydrogen) atoms. The Morgan fingerprint density at radius 2 is 1.76 bits per heavy atom. The van der Waals surface area contributed by atoms with Crippen LogP contribution in [-0.2, 0) is 9.59 Å². The van der Waals surface area contributed by atoms with Crippen LogP contribution in [0.25, 0.3) is 21.9 Å². The molecule has 3 aromatic carbocycles. The fourth-order valence-corrected chi connectivity index (χ4v) is 5.41. The molecule has 3 heterocycles. The predicted molar refractivity (Wildman–Crippen MR) is 146 cm³/mol. The smallest absolute Gasteiger partial charge is 0.291 e. The number of amides is 2. The van der Waals surface area contributed by atoms with Gasteiger partial charge in [0.25, 0.3) is 11.5 Å². The molecule has 188 valence electrons. The van der Waals surface area contributed by atoms with Crippen LogP contribution in [0.15, 0.2) is 77.6 Å². The fourth-order valence-electron chi connectivity index (χ4n) is 4.28. The number of anilines is 2. The van der Waals surface area contributed by atoms with Crippen LogP contribution < -0.4 is 25.0 Å². The first-order valence-corrected chi connectivity index (χ1v) is 12.7. The number of thiazole rings is 1. The van der Waals surface area contributed by atoms with E-state index in [1.807, 2.05) is 12.1 Å². The highest BCUT2D eigenvalue weighted by atomic mass is 35.5. The van der Waals surface area contributed by atoms with Gasteiger partial charge in [0, 0.05) is 21.8 Å². The van der Waals surface area contributed by atoms with E-state index in [4.69, 9.17) is 16.3 Å². The molecule has 0 saturated heterocycles. The number of aromatic nitrogens is 3. The van der Waals surface area contributed by atoms with Crippen molar-refractivity contribution in [3.8, 4) is 17.1 Å². The number of carbonyl (C=O) groups excluding carboxylic acids is 2. The Balaban J connectivity index is 1.37. The van der Waals surface area contributed by atoms with Crippen LogP contribution >= 0.6 is 22.9 Å². The molecule has 0 fully saturated rings. The van der Waals surface area contributed by atoms with Crippen LogP contribution in [0.5, 0.6) is 5.75 Å². The van der Waals surface area contributed by atoms with Crippen LogP contribution in [0.3, 0.4) is 0 Å². The van der Waals surface area contributed by atoms with Crippen LogP contribution in [0.4, 0.5) is 11.4 Å². The summed E-state index contributed by atoms with van der Waals surface area (Å²) in [5, 5.41) is 7.70. The number of para-hydroxylation sites is 1. The van der Waals surface area contributed by atoms with Gasteiger partial charge in [-0.25, -0.2) is 0 Å². The zero-order valence-corrected chi connectivity index (χ0v) is 21.4. The van der Waals surface area contributed by atoms with Crippen molar-refractivity contribution in [2.24, 2.45) is 0 Å². The van der Waals surface area contributed by atoms with Crippen molar-refractivity contribution in [2.45, 2.75) is 0 Å². The maximum Gasteiger partial charge on any atom is 0.291 e. The average Bonchev–Trinajstić information content (AvgIpc) is 3.56. The number of carbonyl (C=O) groups is 2. The molecule has 2 amide bonds. The molecule has 9 nitrogen and oxygen atoms in total. The SMILES string of the molecule is COc1ccc(-c2nc3sc(=C4C(=O)N(CC(=O)Nc5ccc(Cl)cc5)c5ccccc54)c(=O)n3n2)cc1. The normalized spacial score (nSPS) is 14.2. The molecule has 0 unspecified atom stereocenters. The highest BCUT2D eigenvalue weighted by molar-refractivity contribution is 7.15. The zero-order chi connectivity index (χ0) is 26.4. The second-order valence-corrected chi connectivity index (χ2v) is 9.85. The summed E-state index contributed by atoms with van der Waals surface area (Å²) >= 11 is 7.00. The number of nitrogens with one attached hydrogen (secondary N) is 1. The highest BCUT2D eigenvalue weighted by Gasteiger charge is 2.35. The molecule has 0 aliphatic carbocycles. The number of hydrogen-bond acceptors (Lipinski definition) is 7. The Morgan fingerprint density at radius 3 is 2.47 bits per heavy atom. The molecule has 2 aromatic heterocycles. The molecule has 0 spiro atoms. The monoisotopic (exact) mass is 543 g/mol. The van der Waals surface area contributed by atoms with Crippen LogP contribution in [-0.4, -0.2) is 40.1 Å². The molecule has 5 aromatic rings. The van der Waals surface area contributed by atoms with Gasteiger partial charge in [0.1, 0.15) is 16.8 Å². The summed E-state index contributed by atoms with van der Waals surface area (Å²) in [5.74, 6) is 0.272. The molecule has 1 aliphatic rings. The van der Waals surface area contributed by atoms with Gasteiger partial charge >= 0.3 is 0 Å². The standard InChI is InChI=1S/C27H18ClN5O4S/c1-37-18-12-6-15(7-13-18)24-30-27-33(31-24)26(36)23(38-27)22-19-4-2-3-5-20(19)32(25(22)35)14-21(34)29-17-10-8-16(28)9-11-17/h2-13H,14H2,1H3,(H,29,34). The second kappa shape index (κ2) is 9.40. The lowest BCUT2D eigenvalue weighted by Gasteiger charge is -2.16. The van der Waals surface area contributed by atoms with Crippen molar-refractivity contribution in [1.82, 2.24) is 14.6 Å². The minimum absolute atomic E-state index is 0.222. The molecule has 0 saturated carbocycles. The Hall–Kier alpha value is -4.54. The van der Waals surface area contributed by atoms with Crippen molar-refractivity contribution >= 4 is 56.7 Å². The van der Waals surface area contributed by atoms with E-state index < -0.39 is 11.5 Å². The second-order valence-electron chi connectivity index (χ2n) is 8.43. The topological polar surface area (TPSA) is 106 Å².